The molecule has 0 radical (unpaired) electrons. The maximum Gasteiger partial charge on any atom is 0.271 e. The van der Waals surface area contributed by atoms with Gasteiger partial charge in [0, 0.05) is 28.2 Å². The summed E-state index contributed by atoms with van der Waals surface area (Å²) in [5.41, 5.74) is 0.480. The van der Waals surface area contributed by atoms with Crippen molar-refractivity contribution in [1.82, 2.24) is 5.32 Å². The summed E-state index contributed by atoms with van der Waals surface area (Å²) in [6.45, 7) is 4.37. The lowest BCUT2D eigenvalue weighted by atomic mass is 9.92. The third-order valence-electron chi connectivity index (χ3n) is 3.66. The minimum Gasteiger partial charge on any atom is -0.349 e. The number of halogens is 1. The molecule has 6 heteroatoms. The maximum atomic E-state index is 12.2. The molecule has 1 aliphatic carbocycles. The van der Waals surface area contributed by atoms with Gasteiger partial charge in [-0.25, -0.2) is 0 Å². The molecule has 1 atom stereocenters. The number of hydrogen-bond donors (Lipinski definition) is 1. The van der Waals surface area contributed by atoms with Crippen molar-refractivity contribution in [2.45, 2.75) is 39.2 Å². The highest BCUT2D eigenvalue weighted by molar-refractivity contribution is 9.10. The summed E-state index contributed by atoms with van der Waals surface area (Å²) in [5, 5.41) is 13.8. The molecule has 0 bridgehead atoms. The predicted molar refractivity (Wildman–Crippen MR) is 79.7 cm³/mol. The molecule has 1 saturated carbocycles. The molecule has 0 spiro atoms. The first-order chi connectivity index (χ1) is 9.27. The van der Waals surface area contributed by atoms with Crippen LogP contribution in [0.1, 0.15) is 43.5 Å². The quantitative estimate of drug-likeness (QED) is 0.673. The second-order valence-electron chi connectivity index (χ2n) is 6.03. The van der Waals surface area contributed by atoms with Gasteiger partial charge in [0.25, 0.3) is 11.6 Å². The number of carbonyl (C=O) groups is 1. The number of nitro groups is 1. The summed E-state index contributed by atoms with van der Waals surface area (Å²) < 4.78 is 0.531. The standard InChI is InChI=1S/C14H17BrN2O3/c1-14(2)4-3-11(8-14)16-13(18)9-5-10(15)7-12(6-9)17(19)20/h5-7,11H,3-4,8H2,1-2H3,(H,16,18). The third kappa shape index (κ3) is 3.56. The van der Waals surface area contributed by atoms with Crippen molar-refractivity contribution in [2.24, 2.45) is 5.41 Å². The molecule has 20 heavy (non-hydrogen) atoms. The van der Waals surface area contributed by atoms with E-state index in [2.05, 4.69) is 35.1 Å². The van der Waals surface area contributed by atoms with Crippen LogP contribution < -0.4 is 5.32 Å². The van der Waals surface area contributed by atoms with Crippen molar-refractivity contribution in [2.75, 3.05) is 0 Å². The van der Waals surface area contributed by atoms with Gasteiger partial charge < -0.3 is 5.32 Å². The van der Waals surface area contributed by atoms with Crippen molar-refractivity contribution in [3.05, 3.63) is 38.3 Å². The Bertz CT molecular complexity index is 557. The topological polar surface area (TPSA) is 72.2 Å². The molecular formula is C14H17BrN2O3. The van der Waals surface area contributed by atoms with Crippen molar-refractivity contribution in [3.63, 3.8) is 0 Å². The van der Waals surface area contributed by atoms with E-state index in [-0.39, 0.29) is 23.1 Å². The molecule has 0 heterocycles. The lowest BCUT2D eigenvalue weighted by molar-refractivity contribution is -0.385. The van der Waals surface area contributed by atoms with E-state index in [0.717, 1.165) is 19.3 Å². The third-order valence-corrected chi connectivity index (χ3v) is 4.12. The molecule has 1 aliphatic rings. The molecule has 1 amide bonds. The zero-order valence-electron chi connectivity index (χ0n) is 11.5. The van der Waals surface area contributed by atoms with Crippen molar-refractivity contribution in [3.8, 4) is 0 Å². The molecule has 1 aromatic carbocycles. The Hall–Kier alpha value is -1.43. The highest BCUT2D eigenvalue weighted by atomic mass is 79.9. The van der Waals surface area contributed by atoms with E-state index in [1.807, 2.05) is 0 Å². The summed E-state index contributed by atoms with van der Waals surface area (Å²) in [6, 6.07) is 4.44. The van der Waals surface area contributed by atoms with Crippen molar-refractivity contribution in [1.29, 1.82) is 0 Å². The van der Waals surface area contributed by atoms with Crippen LogP contribution in [-0.2, 0) is 0 Å². The summed E-state index contributed by atoms with van der Waals surface area (Å²) in [7, 11) is 0. The molecule has 5 nitrogen and oxygen atoms in total. The lowest BCUT2D eigenvalue weighted by Gasteiger charge is -2.17. The van der Waals surface area contributed by atoms with Crippen molar-refractivity contribution >= 4 is 27.5 Å². The van der Waals surface area contributed by atoms with Gasteiger partial charge in [0.1, 0.15) is 0 Å². The Kier molecular flexibility index (Phi) is 4.13. The Morgan fingerprint density at radius 1 is 1.45 bits per heavy atom. The van der Waals surface area contributed by atoms with Crippen LogP contribution in [-0.4, -0.2) is 16.9 Å². The molecular weight excluding hydrogens is 324 g/mol. The van der Waals surface area contributed by atoms with Gasteiger partial charge in [-0.3, -0.25) is 14.9 Å². The monoisotopic (exact) mass is 340 g/mol. The summed E-state index contributed by atoms with van der Waals surface area (Å²) >= 11 is 3.20. The van der Waals surface area contributed by atoms with Gasteiger partial charge in [-0.15, -0.1) is 0 Å². The van der Waals surface area contributed by atoms with E-state index >= 15 is 0 Å². The Morgan fingerprint density at radius 3 is 2.70 bits per heavy atom. The maximum absolute atomic E-state index is 12.2. The SMILES string of the molecule is CC1(C)CCC(NC(=O)c2cc(Br)cc([N+](=O)[O-])c2)C1. The molecule has 1 fully saturated rings. The number of amides is 1. The normalized spacial score (nSPS) is 20.6. The van der Waals surface area contributed by atoms with Crippen LogP contribution in [0.3, 0.4) is 0 Å². The van der Waals surface area contributed by atoms with E-state index in [0.29, 0.717) is 10.0 Å². The van der Waals surface area contributed by atoms with Crippen LogP contribution in [0.4, 0.5) is 5.69 Å². The number of benzene rings is 1. The molecule has 2 rings (SSSR count). The Morgan fingerprint density at radius 2 is 2.15 bits per heavy atom. The first-order valence-electron chi connectivity index (χ1n) is 6.53. The zero-order chi connectivity index (χ0) is 14.9. The minimum absolute atomic E-state index is 0.0868. The number of carbonyl (C=O) groups excluding carboxylic acids is 1. The summed E-state index contributed by atoms with van der Waals surface area (Å²) in [4.78, 5) is 22.5. The molecule has 108 valence electrons. The number of nitrogens with zero attached hydrogens (tertiary/aromatic N) is 1. The fourth-order valence-electron chi connectivity index (χ4n) is 2.64. The molecule has 0 aromatic heterocycles. The van der Waals surface area contributed by atoms with Gasteiger partial charge in [0.05, 0.1) is 4.92 Å². The van der Waals surface area contributed by atoms with Gasteiger partial charge in [0.2, 0.25) is 0 Å². The smallest absolute Gasteiger partial charge is 0.271 e. The largest absolute Gasteiger partial charge is 0.349 e. The molecule has 1 unspecified atom stereocenters. The van der Waals surface area contributed by atoms with Crippen LogP contribution >= 0.6 is 15.9 Å². The molecule has 1 aromatic rings. The number of hydrogen-bond acceptors (Lipinski definition) is 3. The highest BCUT2D eigenvalue weighted by Crippen LogP contribution is 2.37. The van der Waals surface area contributed by atoms with E-state index in [9.17, 15) is 14.9 Å². The fourth-order valence-corrected chi connectivity index (χ4v) is 3.12. The number of rotatable bonds is 3. The van der Waals surface area contributed by atoms with E-state index in [4.69, 9.17) is 0 Å². The number of nitro benzene ring substituents is 1. The molecule has 1 N–H and O–H groups in total. The second-order valence-corrected chi connectivity index (χ2v) is 6.95. The first kappa shape index (κ1) is 15.0. The van der Waals surface area contributed by atoms with Crippen LogP contribution in [0.15, 0.2) is 22.7 Å². The van der Waals surface area contributed by atoms with E-state index in [1.54, 1.807) is 6.07 Å². The van der Waals surface area contributed by atoms with Gasteiger partial charge in [-0.05, 0) is 30.7 Å². The fraction of sp³-hybridized carbons (Fsp3) is 0.500. The van der Waals surface area contributed by atoms with Crippen LogP contribution in [0, 0.1) is 15.5 Å². The molecule has 0 saturated heterocycles. The zero-order valence-corrected chi connectivity index (χ0v) is 13.1. The van der Waals surface area contributed by atoms with Crippen LogP contribution in [0.2, 0.25) is 0 Å². The highest BCUT2D eigenvalue weighted by Gasteiger charge is 2.32. The Labute approximate surface area is 126 Å². The van der Waals surface area contributed by atoms with Gasteiger partial charge >= 0.3 is 0 Å². The van der Waals surface area contributed by atoms with Gasteiger partial charge in [-0.2, -0.15) is 0 Å². The minimum atomic E-state index is -0.500. The van der Waals surface area contributed by atoms with Crippen molar-refractivity contribution < 1.29 is 9.72 Å². The first-order valence-corrected chi connectivity index (χ1v) is 7.32. The second kappa shape index (κ2) is 5.52. The van der Waals surface area contributed by atoms with E-state index < -0.39 is 4.92 Å². The van der Waals surface area contributed by atoms with Crippen LogP contribution in [0.5, 0.6) is 0 Å². The van der Waals surface area contributed by atoms with Crippen LogP contribution in [0.25, 0.3) is 0 Å². The number of non-ortho nitro benzene ring substituents is 1. The lowest BCUT2D eigenvalue weighted by Crippen LogP contribution is -2.33. The van der Waals surface area contributed by atoms with Gasteiger partial charge in [0.15, 0.2) is 0 Å². The molecule has 0 aliphatic heterocycles. The Balaban J connectivity index is 2.12. The summed E-state index contributed by atoms with van der Waals surface area (Å²) in [6.07, 6.45) is 2.97. The average Bonchev–Trinajstić information content (AvgIpc) is 2.67. The summed E-state index contributed by atoms with van der Waals surface area (Å²) in [5.74, 6) is -0.253. The number of nitrogens with one attached hydrogen (secondary N) is 1. The average molecular weight is 341 g/mol. The van der Waals surface area contributed by atoms with Gasteiger partial charge in [-0.1, -0.05) is 29.8 Å². The van der Waals surface area contributed by atoms with E-state index in [1.165, 1.54) is 12.1 Å². The predicted octanol–water partition coefficient (Wildman–Crippen LogP) is 3.67.